The van der Waals surface area contributed by atoms with Crippen molar-refractivity contribution in [1.82, 2.24) is 14.8 Å². The van der Waals surface area contributed by atoms with E-state index in [9.17, 15) is 0 Å². The maximum Gasteiger partial charge on any atom is 0.150 e. The summed E-state index contributed by atoms with van der Waals surface area (Å²) in [6.07, 6.45) is 5.26. The van der Waals surface area contributed by atoms with E-state index in [0.29, 0.717) is 0 Å². The smallest absolute Gasteiger partial charge is 0.150 e. The van der Waals surface area contributed by atoms with E-state index < -0.39 is 0 Å². The third-order valence-corrected chi connectivity index (χ3v) is 4.21. The van der Waals surface area contributed by atoms with Gasteiger partial charge in [-0.15, -0.1) is 0 Å². The van der Waals surface area contributed by atoms with E-state index in [4.69, 9.17) is 9.84 Å². The van der Waals surface area contributed by atoms with Crippen molar-refractivity contribution >= 4 is 10.9 Å². The summed E-state index contributed by atoms with van der Waals surface area (Å²) in [6.45, 7) is 2.83. The number of para-hydroxylation sites is 1. The van der Waals surface area contributed by atoms with Crippen LogP contribution >= 0.6 is 0 Å². The number of nitrogens with zero attached hydrogens (tertiary/aromatic N) is 3. The number of aryl methyl sites for hydroxylation is 1. The van der Waals surface area contributed by atoms with E-state index in [-0.39, 0.29) is 6.23 Å². The average molecular weight is 293 g/mol. The van der Waals surface area contributed by atoms with E-state index in [1.165, 1.54) is 11.8 Å². The lowest BCUT2D eigenvalue weighted by molar-refractivity contribution is -0.0365. The number of ether oxygens (including phenoxy) is 1. The molecular weight excluding hydrogens is 274 g/mol. The van der Waals surface area contributed by atoms with Crippen LogP contribution in [0.4, 0.5) is 0 Å². The first-order valence-electron chi connectivity index (χ1n) is 7.85. The highest BCUT2D eigenvalue weighted by molar-refractivity contribution is 5.93. The number of hydrogen-bond donors (Lipinski definition) is 0. The summed E-state index contributed by atoms with van der Waals surface area (Å²) in [5.74, 6) is 0. The van der Waals surface area contributed by atoms with E-state index in [1.807, 2.05) is 19.2 Å². The van der Waals surface area contributed by atoms with Gasteiger partial charge in [0.05, 0.1) is 5.52 Å². The molecule has 1 saturated heterocycles. The Morgan fingerprint density at radius 2 is 2.09 bits per heavy atom. The molecule has 0 amide bonds. The Hall–Kier alpha value is -2.20. The zero-order valence-corrected chi connectivity index (χ0v) is 12.7. The molecule has 3 aromatic rings. The summed E-state index contributed by atoms with van der Waals surface area (Å²) in [5.41, 5.74) is 4.26. The zero-order valence-electron chi connectivity index (χ0n) is 12.7. The lowest BCUT2D eigenvalue weighted by Crippen LogP contribution is -2.19. The maximum atomic E-state index is 5.93. The molecule has 0 spiro atoms. The first kappa shape index (κ1) is 13.5. The molecule has 22 heavy (non-hydrogen) atoms. The van der Waals surface area contributed by atoms with Crippen LogP contribution in [-0.4, -0.2) is 21.4 Å². The van der Waals surface area contributed by atoms with Crippen molar-refractivity contribution in [3.63, 3.8) is 0 Å². The van der Waals surface area contributed by atoms with Gasteiger partial charge in [0.1, 0.15) is 5.69 Å². The van der Waals surface area contributed by atoms with Crippen molar-refractivity contribution in [3.8, 4) is 11.3 Å². The molecule has 112 valence electrons. The molecule has 1 aliphatic rings. The molecule has 4 nitrogen and oxygen atoms in total. The molecular formula is C18H19N3O. The Kier molecular flexibility index (Phi) is 3.39. The Bertz CT molecular complexity index is 803. The van der Waals surface area contributed by atoms with Gasteiger partial charge in [-0.2, -0.15) is 5.10 Å². The lowest BCUT2D eigenvalue weighted by Gasteiger charge is -2.23. The Balaban J connectivity index is 1.88. The summed E-state index contributed by atoms with van der Waals surface area (Å²) in [6, 6.07) is 12.5. The summed E-state index contributed by atoms with van der Waals surface area (Å²) < 4.78 is 7.99. The van der Waals surface area contributed by atoms with Gasteiger partial charge in [-0.05, 0) is 44.4 Å². The van der Waals surface area contributed by atoms with Gasteiger partial charge >= 0.3 is 0 Å². The lowest BCUT2D eigenvalue weighted by atomic mass is 10.1. The number of fused-ring (bicyclic) bond motifs is 1. The fraction of sp³-hybridized carbons (Fsp3) is 0.333. The molecule has 4 heteroatoms. The normalized spacial score (nSPS) is 18.7. The van der Waals surface area contributed by atoms with Crippen molar-refractivity contribution < 1.29 is 4.74 Å². The summed E-state index contributed by atoms with van der Waals surface area (Å²) in [4.78, 5) is 4.28. The molecule has 0 radical (unpaired) electrons. The Labute approximate surface area is 129 Å². The molecule has 1 aliphatic heterocycles. The van der Waals surface area contributed by atoms with Gasteiger partial charge in [0.2, 0.25) is 0 Å². The number of hydrogen-bond acceptors (Lipinski definition) is 3. The monoisotopic (exact) mass is 293 g/mol. The van der Waals surface area contributed by atoms with Gasteiger partial charge in [0, 0.05) is 29.4 Å². The van der Waals surface area contributed by atoms with Crippen LogP contribution in [0.5, 0.6) is 0 Å². The molecule has 2 aromatic heterocycles. The maximum absolute atomic E-state index is 5.93. The van der Waals surface area contributed by atoms with Crippen LogP contribution in [-0.2, 0) is 4.74 Å². The number of pyridine rings is 1. The zero-order chi connectivity index (χ0) is 14.9. The quantitative estimate of drug-likeness (QED) is 0.714. The first-order valence-corrected chi connectivity index (χ1v) is 7.85. The molecule has 1 fully saturated rings. The summed E-state index contributed by atoms with van der Waals surface area (Å²) in [7, 11) is 0. The van der Waals surface area contributed by atoms with Gasteiger partial charge in [0.25, 0.3) is 0 Å². The molecule has 1 unspecified atom stereocenters. The topological polar surface area (TPSA) is 39.9 Å². The molecule has 0 saturated carbocycles. The van der Waals surface area contributed by atoms with Crippen LogP contribution in [0.25, 0.3) is 22.2 Å². The molecule has 1 aromatic carbocycles. The average Bonchev–Trinajstić information content (AvgIpc) is 2.95. The van der Waals surface area contributed by atoms with Crippen LogP contribution in [0.15, 0.2) is 42.6 Å². The predicted octanol–water partition coefficient (Wildman–Crippen LogP) is 4.11. The summed E-state index contributed by atoms with van der Waals surface area (Å²) >= 11 is 0. The minimum Gasteiger partial charge on any atom is -0.356 e. The fourth-order valence-corrected chi connectivity index (χ4v) is 3.13. The van der Waals surface area contributed by atoms with Crippen LogP contribution in [0, 0.1) is 6.92 Å². The molecule has 1 atom stereocenters. The standard InChI is InChI=1S/C18H19N3O/c1-13-12-14(9-10-19-13)18-15-6-2-3-7-16(15)21(20-18)17-8-4-5-11-22-17/h2-3,6-7,9-10,12,17H,4-5,8,11H2,1H3. The van der Waals surface area contributed by atoms with Crippen LogP contribution in [0.3, 0.4) is 0 Å². The third kappa shape index (κ3) is 2.29. The highest BCUT2D eigenvalue weighted by atomic mass is 16.5. The van der Waals surface area contributed by atoms with Crippen molar-refractivity contribution in [2.45, 2.75) is 32.4 Å². The van der Waals surface area contributed by atoms with Crippen LogP contribution < -0.4 is 0 Å². The van der Waals surface area contributed by atoms with E-state index >= 15 is 0 Å². The van der Waals surface area contributed by atoms with Crippen molar-refractivity contribution in [2.24, 2.45) is 0 Å². The summed E-state index contributed by atoms with van der Waals surface area (Å²) in [5, 5.41) is 6.06. The van der Waals surface area contributed by atoms with Crippen molar-refractivity contribution in [2.75, 3.05) is 6.61 Å². The second-order valence-corrected chi connectivity index (χ2v) is 5.82. The van der Waals surface area contributed by atoms with Gasteiger partial charge < -0.3 is 4.74 Å². The van der Waals surface area contributed by atoms with Gasteiger partial charge in [-0.1, -0.05) is 18.2 Å². The number of benzene rings is 1. The van der Waals surface area contributed by atoms with Crippen molar-refractivity contribution in [1.29, 1.82) is 0 Å². The molecule has 4 rings (SSSR count). The Morgan fingerprint density at radius 3 is 2.91 bits per heavy atom. The highest BCUT2D eigenvalue weighted by Gasteiger charge is 2.21. The van der Waals surface area contributed by atoms with Crippen LogP contribution in [0.1, 0.15) is 31.2 Å². The SMILES string of the molecule is Cc1cc(-c2nn(C3CCCCO3)c3ccccc23)ccn1. The molecule has 3 heterocycles. The van der Waals surface area contributed by atoms with E-state index in [1.54, 1.807) is 0 Å². The molecule has 0 bridgehead atoms. The van der Waals surface area contributed by atoms with E-state index in [0.717, 1.165) is 41.9 Å². The molecule has 0 aliphatic carbocycles. The largest absolute Gasteiger partial charge is 0.356 e. The Morgan fingerprint density at radius 1 is 1.18 bits per heavy atom. The first-order chi connectivity index (χ1) is 10.8. The van der Waals surface area contributed by atoms with Crippen LogP contribution in [0.2, 0.25) is 0 Å². The highest BCUT2D eigenvalue weighted by Crippen LogP contribution is 2.32. The van der Waals surface area contributed by atoms with E-state index in [2.05, 4.69) is 40.0 Å². The molecule has 0 N–H and O–H groups in total. The number of rotatable bonds is 2. The third-order valence-electron chi connectivity index (χ3n) is 4.21. The second kappa shape index (κ2) is 5.54. The van der Waals surface area contributed by atoms with Gasteiger partial charge in [-0.3, -0.25) is 4.98 Å². The minimum absolute atomic E-state index is 0.0512. The van der Waals surface area contributed by atoms with Gasteiger partial charge in [-0.25, -0.2) is 4.68 Å². The number of aromatic nitrogens is 3. The second-order valence-electron chi connectivity index (χ2n) is 5.82. The fourth-order valence-electron chi connectivity index (χ4n) is 3.13. The minimum atomic E-state index is 0.0512. The van der Waals surface area contributed by atoms with Gasteiger partial charge in [0.15, 0.2) is 6.23 Å². The predicted molar refractivity (Wildman–Crippen MR) is 86.5 cm³/mol. The van der Waals surface area contributed by atoms with Crippen molar-refractivity contribution in [3.05, 3.63) is 48.3 Å².